The largest absolute Gasteiger partial charge is 0.477 e. The minimum atomic E-state index is -4.43. The average molecular weight is 618 g/mol. The molecule has 16 heteroatoms. The lowest BCUT2D eigenvalue weighted by atomic mass is 9.89. The summed E-state index contributed by atoms with van der Waals surface area (Å²) < 4.78 is 54.0. The first kappa shape index (κ1) is 34.0. The van der Waals surface area contributed by atoms with Gasteiger partial charge < -0.3 is 24.7 Å². The molecule has 2 saturated heterocycles. The molecule has 3 rings (SSSR count). The molecule has 5 atom stereocenters. The van der Waals surface area contributed by atoms with E-state index in [1.54, 1.807) is 55.4 Å². The number of Topliss-reactive ketones (excluding diaryl/α,β-unsaturated/α-hetero) is 1. The van der Waals surface area contributed by atoms with Crippen molar-refractivity contribution >= 4 is 25.5 Å². The molecule has 0 spiro atoms. The molecule has 42 heavy (non-hydrogen) atoms. The van der Waals surface area contributed by atoms with Crippen molar-refractivity contribution < 1.29 is 51.5 Å². The van der Waals surface area contributed by atoms with E-state index in [0.29, 0.717) is 0 Å². The summed E-state index contributed by atoms with van der Waals surface area (Å²) in [6.45, 7) is 12.0. The van der Waals surface area contributed by atoms with Gasteiger partial charge in [0.15, 0.2) is 17.7 Å². The van der Waals surface area contributed by atoms with Gasteiger partial charge in [-0.1, -0.05) is 20.8 Å². The van der Waals surface area contributed by atoms with Gasteiger partial charge in [-0.2, -0.15) is 0 Å². The van der Waals surface area contributed by atoms with Gasteiger partial charge in [0.2, 0.25) is 6.79 Å². The number of hydrogen-bond donors (Lipinski definition) is 1. The zero-order valence-electron chi connectivity index (χ0n) is 25.1. The van der Waals surface area contributed by atoms with Crippen LogP contribution >= 0.6 is 7.82 Å². The van der Waals surface area contributed by atoms with Crippen LogP contribution in [0, 0.1) is 10.8 Å². The fourth-order valence-corrected chi connectivity index (χ4v) is 5.12. The number of ketones is 1. The third-order valence-electron chi connectivity index (χ3n) is 6.33. The van der Waals surface area contributed by atoms with Crippen LogP contribution in [0.4, 0.5) is 0 Å². The Morgan fingerprint density at radius 2 is 1.69 bits per heavy atom. The summed E-state index contributed by atoms with van der Waals surface area (Å²) in [5, 5.41) is 0. The molecule has 0 radical (unpaired) electrons. The number of esters is 1. The van der Waals surface area contributed by atoms with Gasteiger partial charge >= 0.3 is 13.8 Å². The van der Waals surface area contributed by atoms with Crippen LogP contribution in [-0.4, -0.2) is 71.3 Å². The van der Waals surface area contributed by atoms with Crippen molar-refractivity contribution in [2.75, 3.05) is 20.0 Å². The summed E-state index contributed by atoms with van der Waals surface area (Å²) >= 11 is 0. The molecule has 236 valence electrons. The highest BCUT2D eigenvalue weighted by atomic mass is 31.2. The number of carbonyl (C=O) groups excluding carboxylic acids is 3. The summed E-state index contributed by atoms with van der Waals surface area (Å²) in [6, 6.07) is 0. The molecular weight excluding hydrogens is 577 g/mol. The van der Waals surface area contributed by atoms with Crippen LogP contribution in [0.1, 0.15) is 78.5 Å². The van der Waals surface area contributed by atoms with Crippen molar-refractivity contribution in [2.24, 2.45) is 16.6 Å². The SMILES string of the molecule is CC1(C)O[C@@H]2[C@H](O1)[C@@H](COP(=O)(OCCC(=O)C(C)(C)C)OCOC(=O)C(C)(C)C)O[C@H]2n1ccnc(C(N)=O)c1=O. The molecule has 2 fully saturated rings. The zero-order valence-corrected chi connectivity index (χ0v) is 26.0. The first-order valence-electron chi connectivity index (χ1n) is 13.4. The maximum atomic E-state index is 13.6. The normalized spacial score (nSPS) is 25.0. The van der Waals surface area contributed by atoms with Crippen molar-refractivity contribution in [2.45, 2.75) is 92.1 Å². The second-order valence-electron chi connectivity index (χ2n) is 12.4. The van der Waals surface area contributed by atoms with E-state index in [-0.39, 0.29) is 18.8 Å². The average Bonchev–Trinajstić information content (AvgIpc) is 3.34. The number of primary amides is 1. The predicted molar refractivity (Wildman–Crippen MR) is 145 cm³/mol. The summed E-state index contributed by atoms with van der Waals surface area (Å²) in [6.07, 6.45) is -1.25. The van der Waals surface area contributed by atoms with Gasteiger partial charge in [0.05, 0.1) is 18.6 Å². The number of phosphoric acid groups is 1. The molecule has 15 nitrogen and oxygen atoms in total. The fourth-order valence-electron chi connectivity index (χ4n) is 4.07. The molecule has 2 N–H and O–H groups in total. The van der Waals surface area contributed by atoms with E-state index in [1.807, 2.05) is 0 Å². The van der Waals surface area contributed by atoms with E-state index in [1.165, 1.54) is 12.4 Å². The predicted octanol–water partition coefficient (Wildman–Crippen LogP) is 2.47. The maximum Gasteiger partial charge on any atom is 0.477 e. The summed E-state index contributed by atoms with van der Waals surface area (Å²) in [5.41, 5.74) is 2.49. The Hall–Kier alpha value is -2.52. The third kappa shape index (κ3) is 8.31. The Morgan fingerprint density at radius 3 is 2.29 bits per heavy atom. The highest BCUT2D eigenvalue weighted by molar-refractivity contribution is 7.48. The smallest absolute Gasteiger partial charge is 0.437 e. The van der Waals surface area contributed by atoms with Crippen LogP contribution in [0.15, 0.2) is 17.2 Å². The summed E-state index contributed by atoms with van der Waals surface area (Å²) in [5.74, 6) is -2.85. The quantitative estimate of drug-likeness (QED) is 0.204. The molecular formula is C26H40N3O12P. The van der Waals surface area contributed by atoms with E-state index in [2.05, 4.69) is 4.98 Å². The number of aromatic nitrogens is 2. The van der Waals surface area contributed by atoms with Gasteiger partial charge in [0.1, 0.15) is 24.1 Å². The lowest BCUT2D eigenvalue weighted by Gasteiger charge is -2.26. The van der Waals surface area contributed by atoms with Crippen molar-refractivity contribution in [3.05, 3.63) is 28.4 Å². The lowest BCUT2D eigenvalue weighted by Crippen LogP contribution is -2.37. The number of rotatable bonds is 12. The van der Waals surface area contributed by atoms with Gasteiger partial charge in [-0.25, -0.2) is 14.1 Å². The number of hydrogen-bond acceptors (Lipinski definition) is 13. The lowest BCUT2D eigenvalue weighted by molar-refractivity contribution is -0.200. The Labute approximate surface area is 243 Å². The van der Waals surface area contributed by atoms with E-state index >= 15 is 0 Å². The Morgan fingerprint density at radius 1 is 1.05 bits per heavy atom. The molecule has 1 amide bonds. The fraction of sp³-hybridized carbons (Fsp3) is 0.731. The topological polar surface area (TPSA) is 194 Å². The number of amides is 1. The minimum absolute atomic E-state index is 0.0764. The van der Waals surface area contributed by atoms with Crippen LogP contribution in [-0.2, 0) is 46.7 Å². The van der Waals surface area contributed by atoms with Crippen molar-refractivity contribution in [1.82, 2.24) is 9.55 Å². The number of carbonyl (C=O) groups is 3. The number of phosphoric ester groups is 1. The number of nitrogens with two attached hydrogens (primary N) is 1. The Kier molecular flexibility index (Phi) is 10.2. The van der Waals surface area contributed by atoms with Gasteiger partial charge in [0.25, 0.3) is 11.5 Å². The molecule has 1 aromatic rings. The number of nitrogens with zero attached hydrogens (tertiary/aromatic N) is 2. The third-order valence-corrected chi connectivity index (χ3v) is 7.71. The summed E-state index contributed by atoms with van der Waals surface area (Å²) in [7, 11) is -4.43. The highest BCUT2D eigenvalue weighted by Gasteiger charge is 2.56. The molecule has 2 aliphatic heterocycles. The molecule has 0 bridgehead atoms. The maximum absolute atomic E-state index is 13.6. The number of fused-ring (bicyclic) bond motifs is 1. The Bertz CT molecular complexity index is 1250. The molecule has 0 aromatic carbocycles. The molecule has 3 heterocycles. The zero-order chi connectivity index (χ0) is 31.7. The standard InChI is InChI=1S/C26H40N3O12P/c1-24(2,3)16(30)9-12-36-42(34,38-14-35-23(33)25(4,5)6)37-13-15-18-19(41-26(7,8)40-18)22(39-15)29-11-10-28-17(20(27)31)21(29)32/h10-11,15,18-19,22H,9,12-14H2,1-8H3,(H2,27,31)/t15-,18-,19-,22-,42?/m1/s1. The van der Waals surface area contributed by atoms with E-state index < -0.39 is 85.5 Å². The molecule has 0 saturated carbocycles. The highest BCUT2D eigenvalue weighted by Crippen LogP contribution is 2.51. The molecule has 2 aliphatic rings. The van der Waals surface area contributed by atoms with E-state index in [9.17, 15) is 23.7 Å². The van der Waals surface area contributed by atoms with Gasteiger partial charge in [-0.15, -0.1) is 0 Å². The van der Waals surface area contributed by atoms with Crippen LogP contribution < -0.4 is 11.3 Å². The van der Waals surface area contributed by atoms with Crippen LogP contribution in [0.5, 0.6) is 0 Å². The van der Waals surface area contributed by atoms with Gasteiger partial charge in [0, 0.05) is 24.2 Å². The molecule has 1 unspecified atom stereocenters. The first-order chi connectivity index (χ1) is 19.2. The monoisotopic (exact) mass is 617 g/mol. The minimum Gasteiger partial charge on any atom is -0.437 e. The second kappa shape index (κ2) is 12.6. The van der Waals surface area contributed by atoms with E-state index in [4.69, 9.17) is 38.3 Å². The summed E-state index contributed by atoms with van der Waals surface area (Å²) in [4.78, 5) is 52.8. The van der Waals surface area contributed by atoms with Crippen LogP contribution in [0.2, 0.25) is 0 Å². The number of ether oxygens (including phenoxy) is 4. The first-order valence-corrected chi connectivity index (χ1v) is 14.8. The van der Waals surface area contributed by atoms with Crippen LogP contribution in [0.3, 0.4) is 0 Å². The van der Waals surface area contributed by atoms with E-state index in [0.717, 1.165) is 4.57 Å². The van der Waals surface area contributed by atoms with Gasteiger partial charge in [-0.05, 0) is 34.6 Å². The van der Waals surface area contributed by atoms with Gasteiger partial charge in [-0.3, -0.25) is 32.8 Å². The van der Waals surface area contributed by atoms with Crippen molar-refractivity contribution in [3.8, 4) is 0 Å². The van der Waals surface area contributed by atoms with Crippen LogP contribution in [0.25, 0.3) is 0 Å². The second-order valence-corrected chi connectivity index (χ2v) is 14.1. The van der Waals surface area contributed by atoms with Crippen molar-refractivity contribution in [3.63, 3.8) is 0 Å². The Balaban J connectivity index is 1.78. The molecule has 0 aliphatic carbocycles. The molecule has 1 aromatic heterocycles. The van der Waals surface area contributed by atoms with Crippen molar-refractivity contribution in [1.29, 1.82) is 0 Å².